The van der Waals surface area contributed by atoms with Crippen LogP contribution >= 0.6 is 0 Å². The molecule has 0 aliphatic heterocycles. The van der Waals surface area contributed by atoms with Crippen LogP contribution in [0.1, 0.15) is 36.1 Å². The third-order valence-electron chi connectivity index (χ3n) is 3.58. The standard InChI is InChI=1S/C15H21F3N4O/c1-11-8-19-22(9-11)5-7-23-6-4-12(2)13-10-21(3)20-14(13)15(16,17)18/h8-10,12H,4-7H2,1-3H3. The molecule has 8 heteroatoms. The third-order valence-corrected chi connectivity index (χ3v) is 3.58. The summed E-state index contributed by atoms with van der Waals surface area (Å²) in [5, 5.41) is 7.67. The molecule has 23 heavy (non-hydrogen) atoms. The molecule has 1 unspecified atom stereocenters. The lowest BCUT2D eigenvalue weighted by Crippen LogP contribution is -2.12. The molecule has 5 nitrogen and oxygen atoms in total. The molecule has 0 aromatic carbocycles. The molecule has 2 rings (SSSR count). The Morgan fingerprint density at radius 1 is 1.26 bits per heavy atom. The summed E-state index contributed by atoms with van der Waals surface area (Å²) < 4.78 is 47.3. The molecular weight excluding hydrogens is 309 g/mol. The number of rotatable bonds is 7. The largest absolute Gasteiger partial charge is 0.435 e. The number of aryl methyl sites for hydroxylation is 2. The monoisotopic (exact) mass is 330 g/mol. The van der Waals surface area contributed by atoms with Crippen molar-refractivity contribution in [1.29, 1.82) is 0 Å². The molecule has 0 bridgehead atoms. The fourth-order valence-corrected chi connectivity index (χ4v) is 2.35. The highest BCUT2D eigenvalue weighted by Gasteiger charge is 2.37. The Bertz CT molecular complexity index is 633. The van der Waals surface area contributed by atoms with Gasteiger partial charge in [-0.2, -0.15) is 23.4 Å². The van der Waals surface area contributed by atoms with Crippen molar-refractivity contribution < 1.29 is 17.9 Å². The van der Waals surface area contributed by atoms with Gasteiger partial charge in [-0.25, -0.2) is 0 Å². The molecule has 2 aromatic rings. The maximum absolute atomic E-state index is 12.9. The number of halogens is 3. The normalized spacial score (nSPS) is 13.5. The summed E-state index contributed by atoms with van der Waals surface area (Å²) in [7, 11) is 1.49. The van der Waals surface area contributed by atoms with Gasteiger partial charge >= 0.3 is 6.18 Å². The summed E-state index contributed by atoms with van der Waals surface area (Å²) >= 11 is 0. The first-order chi connectivity index (χ1) is 10.8. The maximum Gasteiger partial charge on any atom is 0.435 e. The minimum absolute atomic E-state index is 0.214. The smallest absolute Gasteiger partial charge is 0.380 e. The Morgan fingerprint density at radius 2 is 2.00 bits per heavy atom. The molecule has 0 aliphatic rings. The summed E-state index contributed by atoms with van der Waals surface area (Å²) in [6, 6.07) is 0. The molecule has 128 valence electrons. The minimum Gasteiger partial charge on any atom is -0.380 e. The van der Waals surface area contributed by atoms with E-state index in [4.69, 9.17) is 4.74 Å². The van der Waals surface area contributed by atoms with Crippen LogP contribution < -0.4 is 0 Å². The zero-order valence-corrected chi connectivity index (χ0v) is 13.5. The zero-order chi connectivity index (χ0) is 17.0. The summed E-state index contributed by atoms with van der Waals surface area (Å²) in [4.78, 5) is 0. The molecule has 2 aromatic heterocycles. The Balaban J connectivity index is 1.80. The molecule has 0 spiro atoms. The fraction of sp³-hybridized carbons (Fsp3) is 0.600. The van der Waals surface area contributed by atoms with Gasteiger partial charge in [0.2, 0.25) is 0 Å². The number of hydrogen-bond acceptors (Lipinski definition) is 3. The first-order valence-electron chi connectivity index (χ1n) is 7.45. The second-order valence-corrected chi connectivity index (χ2v) is 5.69. The van der Waals surface area contributed by atoms with E-state index < -0.39 is 11.9 Å². The van der Waals surface area contributed by atoms with Gasteiger partial charge in [0.1, 0.15) is 0 Å². The highest BCUT2D eigenvalue weighted by atomic mass is 19.4. The Hall–Kier alpha value is -1.83. The lowest BCUT2D eigenvalue weighted by Gasteiger charge is -2.13. The van der Waals surface area contributed by atoms with Crippen molar-refractivity contribution in [2.75, 3.05) is 13.2 Å². The molecule has 0 N–H and O–H groups in total. The van der Waals surface area contributed by atoms with Crippen molar-refractivity contribution >= 4 is 0 Å². The topological polar surface area (TPSA) is 44.9 Å². The highest BCUT2D eigenvalue weighted by Crippen LogP contribution is 2.34. The number of ether oxygens (including phenoxy) is 1. The van der Waals surface area contributed by atoms with Crippen LogP contribution in [-0.2, 0) is 24.5 Å². The average Bonchev–Trinajstić information content (AvgIpc) is 3.04. The van der Waals surface area contributed by atoms with E-state index in [1.807, 2.05) is 13.1 Å². The predicted molar refractivity (Wildman–Crippen MR) is 79.0 cm³/mol. The lowest BCUT2D eigenvalue weighted by atomic mass is 9.98. The molecular formula is C15H21F3N4O. The van der Waals surface area contributed by atoms with Crippen LogP contribution in [0.5, 0.6) is 0 Å². The Kier molecular flexibility index (Phi) is 5.46. The van der Waals surface area contributed by atoms with Gasteiger partial charge in [-0.3, -0.25) is 9.36 Å². The van der Waals surface area contributed by atoms with E-state index in [2.05, 4.69) is 10.2 Å². The van der Waals surface area contributed by atoms with Gasteiger partial charge in [-0.05, 0) is 24.8 Å². The number of nitrogens with zero attached hydrogens (tertiary/aromatic N) is 4. The van der Waals surface area contributed by atoms with E-state index in [0.29, 0.717) is 26.2 Å². The summed E-state index contributed by atoms with van der Waals surface area (Å²) in [6.45, 7) is 5.22. The number of alkyl halides is 3. The van der Waals surface area contributed by atoms with E-state index in [1.165, 1.54) is 17.9 Å². The van der Waals surface area contributed by atoms with Crippen molar-refractivity contribution in [2.45, 2.75) is 38.9 Å². The first kappa shape index (κ1) is 17.5. The van der Waals surface area contributed by atoms with Crippen LogP contribution in [0.2, 0.25) is 0 Å². The van der Waals surface area contributed by atoms with Gasteiger partial charge in [-0.1, -0.05) is 6.92 Å². The van der Waals surface area contributed by atoms with E-state index in [9.17, 15) is 13.2 Å². The second kappa shape index (κ2) is 7.16. The molecule has 0 saturated heterocycles. The minimum atomic E-state index is -4.43. The fourth-order valence-electron chi connectivity index (χ4n) is 2.35. The van der Waals surface area contributed by atoms with Gasteiger partial charge in [0.15, 0.2) is 5.69 Å². The van der Waals surface area contributed by atoms with E-state index in [1.54, 1.807) is 17.8 Å². The van der Waals surface area contributed by atoms with Gasteiger partial charge < -0.3 is 4.74 Å². The number of aromatic nitrogens is 4. The van der Waals surface area contributed by atoms with E-state index >= 15 is 0 Å². The van der Waals surface area contributed by atoms with Crippen LogP contribution in [0.25, 0.3) is 0 Å². The van der Waals surface area contributed by atoms with Crippen molar-refractivity contribution in [1.82, 2.24) is 19.6 Å². The highest BCUT2D eigenvalue weighted by molar-refractivity contribution is 5.23. The molecule has 0 saturated carbocycles. The number of hydrogen-bond donors (Lipinski definition) is 0. The molecule has 0 aliphatic carbocycles. The van der Waals surface area contributed by atoms with Crippen molar-refractivity contribution in [3.05, 3.63) is 35.4 Å². The van der Waals surface area contributed by atoms with Gasteiger partial charge in [0.05, 0.1) is 19.3 Å². The van der Waals surface area contributed by atoms with Gasteiger partial charge in [0, 0.05) is 31.6 Å². The molecule has 0 amide bonds. The maximum atomic E-state index is 12.9. The lowest BCUT2D eigenvalue weighted by molar-refractivity contribution is -0.142. The summed E-state index contributed by atoms with van der Waals surface area (Å²) in [5.41, 5.74) is 0.487. The van der Waals surface area contributed by atoms with Crippen LogP contribution in [0.3, 0.4) is 0 Å². The molecule has 0 radical (unpaired) electrons. The quantitative estimate of drug-likeness (QED) is 0.733. The molecule has 0 fully saturated rings. The van der Waals surface area contributed by atoms with Crippen LogP contribution in [-0.4, -0.2) is 32.8 Å². The van der Waals surface area contributed by atoms with Crippen LogP contribution in [0, 0.1) is 6.92 Å². The van der Waals surface area contributed by atoms with Gasteiger partial charge in [-0.15, -0.1) is 0 Å². The van der Waals surface area contributed by atoms with Crippen LogP contribution in [0.15, 0.2) is 18.6 Å². The molecule has 1 atom stereocenters. The summed E-state index contributed by atoms with van der Waals surface area (Å²) in [5.74, 6) is -0.271. The third kappa shape index (κ3) is 4.82. The average molecular weight is 330 g/mol. The Morgan fingerprint density at radius 3 is 2.61 bits per heavy atom. The first-order valence-corrected chi connectivity index (χ1v) is 7.45. The van der Waals surface area contributed by atoms with Crippen molar-refractivity contribution in [3.8, 4) is 0 Å². The van der Waals surface area contributed by atoms with E-state index in [0.717, 1.165) is 5.56 Å². The second-order valence-electron chi connectivity index (χ2n) is 5.69. The predicted octanol–water partition coefficient (Wildman–Crippen LogP) is 3.15. The van der Waals surface area contributed by atoms with Crippen LogP contribution in [0.4, 0.5) is 13.2 Å². The SMILES string of the molecule is Cc1cnn(CCOCCC(C)c2cn(C)nc2C(F)(F)F)c1. The Labute approximate surface area is 133 Å². The molecule has 2 heterocycles. The summed E-state index contributed by atoms with van der Waals surface area (Å²) in [6.07, 6.45) is 1.19. The zero-order valence-electron chi connectivity index (χ0n) is 13.5. The van der Waals surface area contributed by atoms with Crippen molar-refractivity contribution in [2.24, 2.45) is 7.05 Å². The van der Waals surface area contributed by atoms with E-state index in [-0.39, 0.29) is 11.5 Å². The van der Waals surface area contributed by atoms with Gasteiger partial charge in [0.25, 0.3) is 0 Å². The van der Waals surface area contributed by atoms with Crippen molar-refractivity contribution in [3.63, 3.8) is 0 Å².